The van der Waals surface area contributed by atoms with Crippen molar-refractivity contribution in [3.63, 3.8) is 0 Å². The first-order valence-corrected chi connectivity index (χ1v) is 12.6. The van der Waals surface area contributed by atoms with Gasteiger partial charge in [0, 0.05) is 10.9 Å². The molecule has 0 aliphatic rings. The number of nitrogens with zero attached hydrogens (tertiary/aromatic N) is 3. The minimum absolute atomic E-state index is 0.115. The van der Waals surface area contributed by atoms with E-state index in [1.165, 1.54) is 32.8 Å². The summed E-state index contributed by atoms with van der Waals surface area (Å²) < 4.78 is 11.0. The molecule has 1 atom stereocenters. The van der Waals surface area contributed by atoms with Crippen molar-refractivity contribution in [3.8, 4) is 21.9 Å². The lowest BCUT2D eigenvalue weighted by Gasteiger charge is -2.14. The quantitative estimate of drug-likeness (QED) is 0.0725. The van der Waals surface area contributed by atoms with Crippen LogP contribution in [0.1, 0.15) is 16.8 Å². The van der Waals surface area contributed by atoms with Gasteiger partial charge in [-0.1, -0.05) is 32.9 Å². The summed E-state index contributed by atoms with van der Waals surface area (Å²) in [7, 11) is 2.92. The average molecular weight is 584 g/mol. The Morgan fingerprint density at radius 2 is 1.63 bits per heavy atom. The van der Waals surface area contributed by atoms with E-state index in [9.17, 15) is 39.9 Å². The molecule has 18 heteroatoms. The topological polar surface area (TPSA) is 200 Å². The summed E-state index contributed by atoms with van der Waals surface area (Å²) in [6, 6.07) is 11.0. The van der Waals surface area contributed by atoms with E-state index < -0.39 is 57.6 Å². The molecule has 0 saturated carbocycles. The number of carbonyl (C=O) groups excluding carboxylic acids is 2. The molecule has 15 nitrogen and oxygen atoms in total. The highest BCUT2D eigenvalue weighted by atomic mass is 32.9. The second kappa shape index (κ2) is 12.6. The van der Waals surface area contributed by atoms with E-state index in [-0.39, 0.29) is 11.3 Å². The molecule has 1 aromatic heterocycles. The predicted molar refractivity (Wildman–Crippen MR) is 132 cm³/mol. The highest BCUT2D eigenvalue weighted by Crippen LogP contribution is 2.31. The van der Waals surface area contributed by atoms with E-state index >= 15 is 0 Å². The Labute approximate surface area is 223 Å². The predicted octanol–water partition coefficient (Wildman–Crippen LogP) is 4.41. The maximum Gasteiger partial charge on any atom is 0.347 e. The van der Waals surface area contributed by atoms with Gasteiger partial charge in [-0.15, -0.1) is 20.2 Å². The molecule has 0 spiro atoms. The second-order valence-corrected chi connectivity index (χ2v) is 9.91. The Balaban J connectivity index is 1.78. The van der Waals surface area contributed by atoms with Crippen LogP contribution in [0.25, 0.3) is 10.4 Å². The average Bonchev–Trinajstić information content (AvgIpc) is 3.28. The van der Waals surface area contributed by atoms with Crippen molar-refractivity contribution in [2.24, 2.45) is 0 Å². The van der Waals surface area contributed by atoms with Crippen LogP contribution in [0.5, 0.6) is 11.5 Å². The Kier molecular flexibility index (Phi) is 9.30. The molecular weight excluding hydrogens is 570 g/mol. The number of rotatable bonds is 12. The van der Waals surface area contributed by atoms with E-state index in [0.29, 0.717) is 0 Å². The minimum atomic E-state index is -1.74. The lowest BCUT2D eigenvalue weighted by molar-refractivity contribution is -0.789. The van der Waals surface area contributed by atoms with E-state index in [2.05, 4.69) is 9.68 Å². The molecule has 2 aromatic carbocycles. The normalized spacial score (nSPS) is 11.2. The maximum absolute atomic E-state index is 12.8. The number of carbonyl (C=O) groups is 2. The van der Waals surface area contributed by atoms with Gasteiger partial charge in [-0.25, -0.2) is 4.79 Å². The molecule has 3 rings (SSSR count). The van der Waals surface area contributed by atoms with E-state index in [1.54, 1.807) is 12.1 Å². The largest absolute Gasteiger partial charge is 0.425 e. The van der Waals surface area contributed by atoms with Crippen LogP contribution in [0, 0.1) is 34.2 Å². The van der Waals surface area contributed by atoms with Crippen LogP contribution in [-0.4, -0.2) is 39.7 Å². The van der Waals surface area contributed by atoms with Gasteiger partial charge in [-0.3, -0.25) is 14.9 Å². The van der Waals surface area contributed by atoms with E-state index in [0.717, 1.165) is 32.5 Å². The van der Waals surface area contributed by atoms with Crippen molar-refractivity contribution < 1.29 is 43.8 Å². The van der Waals surface area contributed by atoms with Crippen LogP contribution in [0.15, 0.2) is 48.5 Å². The van der Waals surface area contributed by atoms with Gasteiger partial charge >= 0.3 is 11.9 Å². The molecule has 0 fully saturated rings. The molecule has 0 aliphatic heterocycles. The number of nitro benzene ring substituents is 1. The molecule has 198 valence electrons. The maximum atomic E-state index is 12.8. The van der Waals surface area contributed by atoms with Gasteiger partial charge in [0.2, 0.25) is 0 Å². The van der Waals surface area contributed by atoms with Crippen LogP contribution in [-0.2, 0) is 14.5 Å². The van der Waals surface area contributed by atoms with Crippen LogP contribution in [0.3, 0.4) is 0 Å². The Hall–Kier alpha value is -4.55. The monoisotopic (exact) mass is 583 g/mol. The van der Waals surface area contributed by atoms with Gasteiger partial charge in [0.05, 0.1) is 17.4 Å². The highest BCUT2D eigenvalue weighted by molar-refractivity contribution is 7.80. The first-order valence-electron chi connectivity index (χ1n) is 10.0. The molecule has 38 heavy (non-hydrogen) atoms. The van der Waals surface area contributed by atoms with Gasteiger partial charge in [0.15, 0.2) is 5.75 Å². The van der Waals surface area contributed by atoms with Gasteiger partial charge in [0.1, 0.15) is 27.8 Å². The van der Waals surface area contributed by atoms with E-state index in [4.69, 9.17) is 21.7 Å². The van der Waals surface area contributed by atoms with Crippen LogP contribution in [0.2, 0.25) is 0 Å². The summed E-state index contributed by atoms with van der Waals surface area (Å²) in [4.78, 5) is 65.5. The number of ether oxygens (including phenoxy) is 2. The molecule has 0 N–H and O–H groups in total. The molecule has 0 radical (unpaired) electrons. The number of hydrogen-bond donors (Lipinski definition) is 0. The van der Waals surface area contributed by atoms with Gasteiger partial charge < -0.3 is 19.1 Å². The zero-order chi connectivity index (χ0) is 27.8. The number of esters is 2. The van der Waals surface area contributed by atoms with Crippen molar-refractivity contribution in [2.45, 2.75) is 12.5 Å². The third kappa shape index (κ3) is 7.98. The lowest BCUT2D eigenvalue weighted by atomic mass is 10.1. The Bertz CT molecular complexity index is 1440. The Morgan fingerprint density at radius 1 is 0.921 bits per heavy atom. The standard InChI is InChI=1S/C20H13N3O12S3/c24-18(8-14(35-23(30)31)10-32-22(28)29)34-16-7-12(21(26)27)3-6-15(16)20(25)33-13-4-1-11(2-5-13)17-9-19(36)38-37-17/h1-7,9,14H,8,10H2. The summed E-state index contributed by atoms with van der Waals surface area (Å²) in [6.45, 7) is -0.983. The van der Waals surface area contributed by atoms with Crippen molar-refractivity contribution in [3.05, 3.63) is 88.3 Å². The Morgan fingerprint density at radius 3 is 2.21 bits per heavy atom. The number of benzene rings is 2. The third-order valence-electron chi connectivity index (χ3n) is 4.43. The summed E-state index contributed by atoms with van der Waals surface area (Å²) >= 11 is 5.11. The van der Waals surface area contributed by atoms with Gasteiger partial charge in [-0.2, -0.15) is 0 Å². The fraction of sp³-hybridized carbons (Fsp3) is 0.150. The highest BCUT2D eigenvalue weighted by Gasteiger charge is 2.25. The summed E-state index contributed by atoms with van der Waals surface area (Å²) in [5.41, 5.74) is -0.0848. The van der Waals surface area contributed by atoms with Crippen molar-refractivity contribution >= 4 is 50.5 Å². The molecule has 1 heterocycles. The SMILES string of the molecule is O=C(CC(CO[N+](=O)[O-])O[N+](=O)[O-])Oc1cc([N+](=O)[O-])ccc1C(=O)Oc1ccc(-c2cc(=S)ss2)cc1. The summed E-state index contributed by atoms with van der Waals surface area (Å²) in [5.74, 6) is -2.76. The smallest absolute Gasteiger partial charge is 0.347 e. The van der Waals surface area contributed by atoms with Gasteiger partial charge in [-0.05, 0) is 42.0 Å². The summed E-state index contributed by atoms with van der Waals surface area (Å²) in [6.07, 6.45) is -2.67. The van der Waals surface area contributed by atoms with Crippen molar-refractivity contribution in [1.82, 2.24) is 0 Å². The first-order chi connectivity index (χ1) is 18.0. The zero-order valence-electron chi connectivity index (χ0n) is 18.6. The molecule has 0 saturated heterocycles. The molecule has 0 aliphatic carbocycles. The molecule has 0 bridgehead atoms. The fourth-order valence-electron chi connectivity index (χ4n) is 2.84. The van der Waals surface area contributed by atoms with Crippen molar-refractivity contribution in [1.29, 1.82) is 0 Å². The molecule has 3 aromatic rings. The third-order valence-corrected chi connectivity index (χ3v) is 7.34. The number of hydrogen-bond acceptors (Lipinski definition) is 15. The van der Waals surface area contributed by atoms with Crippen LogP contribution < -0.4 is 9.47 Å². The van der Waals surface area contributed by atoms with E-state index in [1.807, 2.05) is 6.07 Å². The molecule has 1 unspecified atom stereocenters. The molecular formula is C20H13N3O12S3. The molecule has 0 amide bonds. The minimum Gasteiger partial charge on any atom is -0.425 e. The second-order valence-electron chi connectivity index (χ2n) is 6.99. The van der Waals surface area contributed by atoms with Gasteiger partial charge in [0.25, 0.3) is 15.9 Å². The van der Waals surface area contributed by atoms with Crippen molar-refractivity contribution in [2.75, 3.05) is 6.61 Å². The fourth-order valence-corrected chi connectivity index (χ4v) is 5.24. The summed E-state index contributed by atoms with van der Waals surface area (Å²) in [5, 5.41) is 29.6. The number of nitro groups is 1. The lowest BCUT2D eigenvalue weighted by Crippen LogP contribution is -2.29. The first kappa shape index (κ1) is 28.0. The van der Waals surface area contributed by atoms with Crippen LogP contribution >= 0.6 is 32.9 Å². The zero-order valence-corrected chi connectivity index (χ0v) is 21.0. The van der Waals surface area contributed by atoms with Crippen LogP contribution in [0.4, 0.5) is 5.69 Å². The number of non-ortho nitro benzene ring substituents is 1.